The lowest BCUT2D eigenvalue weighted by Gasteiger charge is -2.32. The summed E-state index contributed by atoms with van der Waals surface area (Å²) in [4.78, 5) is 10.0. The highest BCUT2D eigenvalue weighted by molar-refractivity contribution is 7.98. The van der Waals surface area contributed by atoms with Gasteiger partial charge in [0.1, 0.15) is 17.7 Å². The number of hydrogen-bond acceptors (Lipinski definition) is 5. The zero-order valence-corrected chi connectivity index (χ0v) is 20.2. The van der Waals surface area contributed by atoms with E-state index in [0.717, 1.165) is 53.6 Å². The maximum atomic E-state index is 7.75. The summed E-state index contributed by atoms with van der Waals surface area (Å²) < 4.78 is 6.20. The normalized spacial score (nSPS) is 13.8. The van der Waals surface area contributed by atoms with E-state index in [1.165, 1.54) is 5.56 Å². The molecule has 1 aliphatic rings. The quantitative estimate of drug-likeness (QED) is 0.222. The molecular weight excluding hydrogens is 467 g/mol. The van der Waals surface area contributed by atoms with Crippen molar-refractivity contribution < 1.29 is 4.74 Å². The first kappa shape index (κ1) is 25.8. The molecule has 1 saturated heterocycles. The number of benzene rings is 2. The average molecular weight is 495 g/mol. The van der Waals surface area contributed by atoms with Crippen LogP contribution in [0.1, 0.15) is 30.9 Å². The largest absolute Gasteiger partial charge is 0.490 e. The average Bonchev–Trinajstić information content (AvgIpc) is 3.15. The van der Waals surface area contributed by atoms with Crippen molar-refractivity contribution in [3.05, 3.63) is 53.6 Å². The van der Waals surface area contributed by atoms with Gasteiger partial charge in [-0.05, 0) is 42.8 Å². The van der Waals surface area contributed by atoms with Gasteiger partial charge >= 0.3 is 0 Å². The Morgan fingerprint density at radius 2 is 1.94 bits per heavy atom. The highest BCUT2D eigenvalue weighted by atomic mass is 35.5. The lowest BCUT2D eigenvalue weighted by Crippen LogP contribution is -2.40. The van der Waals surface area contributed by atoms with Gasteiger partial charge in [-0.25, -0.2) is 4.98 Å². The third-order valence-electron chi connectivity index (χ3n) is 5.26. The van der Waals surface area contributed by atoms with Crippen LogP contribution in [0.15, 0.2) is 47.6 Å². The van der Waals surface area contributed by atoms with Crippen molar-refractivity contribution in [3.8, 4) is 5.75 Å². The third kappa shape index (κ3) is 6.31. The van der Waals surface area contributed by atoms with Gasteiger partial charge in [0.15, 0.2) is 5.16 Å². The van der Waals surface area contributed by atoms with Gasteiger partial charge in [0.05, 0.1) is 16.9 Å². The number of nitrogen functional groups attached to an aromatic ring is 1. The molecule has 32 heavy (non-hydrogen) atoms. The number of aromatic nitrogens is 2. The number of piperidine rings is 1. The van der Waals surface area contributed by atoms with Gasteiger partial charge in [-0.3, -0.25) is 10.8 Å². The maximum Gasteiger partial charge on any atom is 0.166 e. The minimum absolute atomic E-state index is 0. The Morgan fingerprint density at radius 3 is 2.62 bits per heavy atom. The Balaban J connectivity index is 0.00000181. The van der Waals surface area contributed by atoms with Crippen molar-refractivity contribution in [2.45, 2.75) is 36.8 Å². The van der Waals surface area contributed by atoms with Crippen LogP contribution in [0.4, 0.5) is 0 Å². The van der Waals surface area contributed by atoms with Gasteiger partial charge in [-0.2, -0.15) is 0 Å². The van der Waals surface area contributed by atoms with Crippen molar-refractivity contribution in [1.29, 1.82) is 10.8 Å². The van der Waals surface area contributed by atoms with Crippen LogP contribution in [0.25, 0.3) is 11.0 Å². The number of aromatic amines is 1. The Morgan fingerprint density at radius 1 is 1.19 bits per heavy atom. The van der Waals surface area contributed by atoms with E-state index in [4.69, 9.17) is 21.3 Å². The molecule has 0 bridgehead atoms. The van der Waals surface area contributed by atoms with Crippen LogP contribution in [-0.2, 0) is 5.75 Å². The van der Waals surface area contributed by atoms with Crippen molar-refractivity contribution >= 4 is 59.3 Å². The van der Waals surface area contributed by atoms with Gasteiger partial charge in [0, 0.05) is 37.2 Å². The van der Waals surface area contributed by atoms with E-state index in [0.29, 0.717) is 11.4 Å². The summed E-state index contributed by atoms with van der Waals surface area (Å²) in [6, 6.07) is 13.8. The highest BCUT2D eigenvalue weighted by Gasteiger charge is 2.20. The van der Waals surface area contributed by atoms with Crippen molar-refractivity contribution in [3.63, 3.8) is 0 Å². The highest BCUT2D eigenvalue weighted by Crippen LogP contribution is 2.26. The minimum atomic E-state index is 0. The van der Waals surface area contributed by atoms with Gasteiger partial charge in [-0.1, -0.05) is 23.9 Å². The molecule has 3 aromatic rings. The Labute approximate surface area is 204 Å². The van der Waals surface area contributed by atoms with Crippen LogP contribution in [0.2, 0.25) is 0 Å². The standard InChI is InChI=1S/C22H26N6OS.2ClH/c1-14(23)28-9-7-17(8-10-28)29-18-4-2-3-15(11-18)13-30-22-26-19-6-5-16(21(24)25)12-20(19)27-22;;/h2-6,11-12,17,23H,7-10,13H2,1H3,(H3,24,25)(H,26,27);2*1H. The summed E-state index contributed by atoms with van der Waals surface area (Å²) in [5.41, 5.74) is 9.18. The summed E-state index contributed by atoms with van der Waals surface area (Å²) in [5.74, 6) is 2.36. The van der Waals surface area contributed by atoms with Crippen LogP contribution in [0.5, 0.6) is 5.75 Å². The second-order valence-electron chi connectivity index (χ2n) is 7.51. The molecule has 7 nitrogen and oxygen atoms in total. The van der Waals surface area contributed by atoms with E-state index in [-0.39, 0.29) is 36.8 Å². The smallest absolute Gasteiger partial charge is 0.166 e. The molecule has 1 fully saturated rings. The molecule has 1 aromatic heterocycles. The Bertz CT molecular complexity index is 1080. The molecule has 0 amide bonds. The summed E-state index contributed by atoms with van der Waals surface area (Å²) in [6.07, 6.45) is 2.08. The monoisotopic (exact) mass is 494 g/mol. The first-order chi connectivity index (χ1) is 14.5. The number of ether oxygens (including phenoxy) is 1. The summed E-state index contributed by atoms with van der Waals surface area (Å²) in [5, 5.41) is 16.2. The zero-order chi connectivity index (χ0) is 21.1. The number of nitrogens with zero attached hydrogens (tertiary/aromatic N) is 2. The zero-order valence-electron chi connectivity index (χ0n) is 17.8. The molecule has 2 heterocycles. The number of thioether (sulfide) groups is 1. The van der Waals surface area contributed by atoms with Gasteiger partial charge in [-0.15, -0.1) is 24.8 Å². The molecular formula is C22H28Cl2N6OS. The first-order valence-electron chi connectivity index (χ1n) is 10.0. The van der Waals surface area contributed by atoms with E-state index in [2.05, 4.69) is 27.0 Å². The fourth-order valence-electron chi connectivity index (χ4n) is 3.58. The van der Waals surface area contributed by atoms with Crippen LogP contribution >= 0.6 is 36.6 Å². The number of amidine groups is 2. The number of nitrogens with two attached hydrogens (primary N) is 1. The van der Waals surface area contributed by atoms with Crippen LogP contribution in [0.3, 0.4) is 0 Å². The molecule has 2 aromatic carbocycles. The molecule has 0 saturated carbocycles. The van der Waals surface area contributed by atoms with Gasteiger partial charge in [0.2, 0.25) is 0 Å². The number of rotatable bonds is 6. The lowest BCUT2D eigenvalue weighted by molar-refractivity contribution is 0.130. The van der Waals surface area contributed by atoms with Crippen molar-refractivity contribution in [2.75, 3.05) is 13.1 Å². The van der Waals surface area contributed by atoms with Crippen LogP contribution < -0.4 is 10.5 Å². The SMILES string of the molecule is CC(=N)N1CCC(Oc2cccc(CSc3nc4ccc(C(=N)N)cc4[nH]3)c2)CC1.Cl.Cl. The van der Waals surface area contributed by atoms with E-state index in [1.807, 2.05) is 37.3 Å². The maximum absolute atomic E-state index is 7.75. The Kier molecular flexibility index (Phi) is 9.24. The number of likely N-dealkylation sites (tertiary alicyclic amines) is 1. The van der Waals surface area contributed by atoms with Crippen LogP contribution in [0, 0.1) is 10.8 Å². The fourth-order valence-corrected chi connectivity index (χ4v) is 4.41. The molecule has 0 spiro atoms. The molecule has 0 radical (unpaired) electrons. The summed E-state index contributed by atoms with van der Waals surface area (Å²) in [7, 11) is 0. The lowest BCUT2D eigenvalue weighted by atomic mass is 10.1. The molecule has 172 valence electrons. The van der Waals surface area contributed by atoms with E-state index in [1.54, 1.807) is 11.8 Å². The molecule has 4 rings (SSSR count). The second kappa shape index (κ2) is 11.4. The van der Waals surface area contributed by atoms with Gasteiger partial charge < -0.3 is 20.4 Å². The molecule has 0 aliphatic carbocycles. The molecule has 1 aliphatic heterocycles. The fraction of sp³-hybridized carbons (Fsp3) is 0.318. The number of nitrogens with one attached hydrogen (secondary N) is 3. The van der Waals surface area contributed by atoms with E-state index in [9.17, 15) is 0 Å². The number of H-pyrrole nitrogens is 1. The molecule has 0 atom stereocenters. The van der Waals surface area contributed by atoms with E-state index >= 15 is 0 Å². The topological polar surface area (TPSA) is 115 Å². The number of fused-ring (bicyclic) bond motifs is 1. The predicted octanol–water partition coefficient (Wildman–Crippen LogP) is 4.82. The second-order valence-corrected chi connectivity index (χ2v) is 8.48. The molecule has 0 unspecified atom stereocenters. The third-order valence-corrected chi connectivity index (χ3v) is 6.21. The predicted molar refractivity (Wildman–Crippen MR) is 136 cm³/mol. The number of halogens is 2. The Hall–Kier alpha value is -2.42. The number of hydrogen-bond donors (Lipinski definition) is 4. The summed E-state index contributed by atoms with van der Waals surface area (Å²) >= 11 is 1.63. The summed E-state index contributed by atoms with van der Waals surface area (Å²) in [6.45, 7) is 3.60. The number of imidazole rings is 1. The molecule has 5 N–H and O–H groups in total. The van der Waals surface area contributed by atoms with Crippen LogP contribution in [-0.4, -0.2) is 45.7 Å². The minimum Gasteiger partial charge on any atom is -0.490 e. The van der Waals surface area contributed by atoms with Gasteiger partial charge in [0.25, 0.3) is 0 Å². The van der Waals surface area contributed by atoms with Crippen molar-refractivity contribution in [2.24, 2.45) is 5.73 Å². The van der Waals surface area contributed by atoms with E-state index < -0.39 is 0 Å². The molecule has 10 heteroatoms. The first-order valence-corrected chi connectivity index (χ1v) is 11.0. The van der Waals surface area contributed by atoms with Crippen molar-refractivity contribution in [1.82, 2.24) is 14.9 Å².